The highest BCUT2D eigenvalue weighted by Gasteiger charge is 2.23. The number of rotatable bonds is 5. The molecule has 0 N–H and O–H groups in total. The Bertz CT molecular complexity index is 1160. The van der Waals surface area contributed by atoms with Crippen LogP contribution in [-0.2, 0) is 11.2 Å². The second-order valence-electron chi connectivity index (χ2n) is 8.01. The fourth-order valence-corrected chi connectivity index (χ4v) is 3.65. The molecule has 0 amide bonds. The molecule has 0 aliphatic carbocycles. The summed E-state index contributed by atoms with van der Waals surface area (Å²) in [5.41, 5.74) is 2.17. The molecule has 2 aromatic carbocycles. The SMILES string of the molecule is Cc1ccc(-n2c(SCc3noc(C(C)(C)C)n3)nnc2-c2ccccc2F)cc1. The molecule has 2 heterocycles. The van der Waals surface area contributed by atoms with Crippen molar-refractivity contribution in [2.45, 2.75) is 44.0 Å². The molecular weight excluding hydrogens is 401 g/mol. The maximum atomic E-state index is 14.5. The predicted octanol–water partition coefficient (Wildman–Crippen LogP) is 5.35. The molecule has 8 heteroatoms. The molecule has 4 aromatic rings. The first-order valence-electron chi connectivity index (χ1n) is 9.56. The van der Waals surface area contributed by atoms with Gasteiger partial charge >= 0.3 is 0 Å². The van der Waals surface area contributed by atoms with E-state index in [9.17, 15) is 4.39 Å². The van der Waals surface area contributed by atoms with E-state index in [0.717, 1.165) is 11.3 Å². The van der Waals surface area contributed by atoms with Crippen molar-refractivity contribution in [3.63, 3.8) is 0 Å². The first-order chi connectivity index (χ1) is 14.3. The summed E-state index contributed by atoms with van der Waals surface area (Å²) in [6, 6.07) is 14.5. The molecule has 4 rings (SSSR count). The molecule has 0 aliphatic rings. The summed E-state index contributed by atoms with van der Waals surface area (Å²) in [5, 5.41) is 13.3. The molecule has 154 valence electrons. The number of hydrogen-bond donors (Lipinski definition) is 0. The Kier molecular flexibility index (Phi) is 5.42. The Morgan fingerprint density at radius 3 is 2.43 bits per heavy atom. The predicted molar refractivity (Wildman–Crippen MR) is 114 cm³/mol. The quantitative estimate of drug-likeness (QED) is 0.403. The Hall–Kier alpha value is -3.00. The highest BCUT2D eigenvalue weighted by molar-refractivity contribution is 7.98. The van der Waals surface area contributed by atoms with Gasteiger partial charge in [0.2, 0.25) is 5.89 Å². The van der Waals surface area contributed by atoms with Crippen LogP contribution in [0, 0.1) is 12.7 Å². The minimum atomic E-state index is -0.345. The minimum Gasteiger partial charge on any atom is -0.339 e. The van der Waals surface area contributed by atoms with Gasteiger partial charge in [-0.05, 0) is 31.2 Å². The van der Waals surface area contributed by atoms with E-state index < -0.39 is 0 Å². The van der Waals surface area contributed by atoms with Gasteiger partial charge in [0.05, 0.1) is 11.3 Å². The van der Waals surface area contributed by atoms with Crippen molar-refractivity contribution in [1.82, 2.24) is 24.9 Å². The third kappa shape index (κ3) is 4.14. The van der Waals surface area contributed by atoms with Gasteiger partial charge in [-0.25, -0.2) is 4.39 Å². The first kappa shape index (κ1) is 20.3. The summed E-state index contributed by atoms with van der Waals surface area (Å²) in [6.45, 7) is 8.08. The number of hydrogen-bond acceptors (Lipinski definition) is 6. The lowest BCUT2D eigenvalue weighted by Crippen LogP contribution is -2.11. The van der Waals surface area contributed by atoms with Gasteiger partial charge in [0, 0.05) is 11.1 Å². The number of benzene rings is 2. The van der Waals surface area contributed by atoms with Crippen LogP contribution in [0.25, 0.3) is 17.1 Å². The van der Waals surface area contributed by atoms with Gasteiger partial charge < -0.3 is 4.52 Å². The van der Waals surface area contributed by atoms with Crippen LogP contribution in [0.3, 0.4) is 0 Å². The molecule has 2 aromatic heterocycles. The molecule has 0 aliphatic heterocycles. The summed E-state index contributed by atoms with van der Waals surface area (Å²) in [7, 11) is 0. The van der Waals surface area contributed by atoms with Crippen molar-refractivity contribution in [3.05, 3.63) is 71.6 Å². The number of thioether (sulfide) groups is 1. The molecule has 0 saturated heterocycles. The first-order valence-corrected chi connectivity index (χ1v) is 10.5. The Morgan fingerprint density at radius 1 is 1.03 bits per heavy atom. The van der Waals surface area contributed by atoms with Gasteiger partial charge in [-0.3, -0.25) is 4.57 Å². The summed E-state index contributed by atoms with van der Waals surface area (Å²) in [6.07, 6.45) is 0. The lowest BCUT2D eigenvalue weighted by Gasteiger charge is -2.11. The van der Waals surface area contributed by atoms with E-state index in [-0.39, 0.29) is 11.2 Å². The molecule has 0 radical (unpaired) electrons. The average Bonchev–Trinajstić information content (AvgIpc) is 3.34. The fourth-order valence-electron chi connectivity index (χ4n) is 2.85. The van der Waals surface area contributed by atoms with Crippen molar-refractivity contribution in [3.8, 4) is 17.1 Å². The molecular formula is C22H22FN5OS. The topological polar surface area (TPSA) is 69.6 Å². The highest BCUT2D eigenvalue weighted by Crippen LogP contribution is 2.31. The Balaban J connectivity index is 1.70. The van der Waals surface area contributed by atoms with Crippen LogP contribution >= 0.6 is 11.8 Å². The molecule has 0 bridgehead atoms. The molecule has 0 saturated carbocycles. The van der Waals surface area contributed by atoms with Crippen LogP contribution in [0.2, 0.25) is 0 Å². The lowest BCUT2D eigenvalue weighted by molar-refractivity contribution is 0.319. The number of nitrogens with zero attached hydrogens (tertiary/aromatic N) is 5. The van der Waals surface area contributed by atoms with E-state index in [0.29, 0.717) is 34.0 Å². The molecule has 0 fully saturated rings. The van der Waals surface area contributed by atoms with Crippen LogP contribution in [-0.4, -0.2) is 24.9 Å². The number of aromatic nitrogens is 5. The molecule has 0 atom stereocenters. The van der Waals surface area contributed by atoms with Gasteiger partial charge in [-0.2, -0.15) is 4.98 Å². The number of aryl methyl sites for hydroxylation is 1. The summed E-state index contributed by atoms with van der Waals surface area (Å²) >= 11 is 1.43. The minimum absolute atomic E-state index is 0.212. The fraction of sp³-hybridized carbons (Fsp3) is 0.273. The monoisotopic (exact) mass is 423 g/mol. The van der Waals surface area contributed by atoms with E-state index in [1.807, 2.05) is 56.5 Å². The van der Waals surface area contributed by atoms with Crippen molar-refractivity contribution in [2.75, 3.05) is 0 Å². The zero-order chi connectivity index (χ0) is 21.3. The van der Waals surface area contributed by atoms with Crippen LogP contribution in [0.4, 0.5) is 4.39 Å². The van der Waals surface area contributed by atoms with Crippen LogP contribution in [0.15, 0.2) is 58.2 Å². The Labute approximate surface area is 178 Å². The molecule has 30 heavy (non-hydrogen) atoms. The van der Waals surface area contributed by atoms with E-state index in [4.69, 9.17) is 4.52 Å². The molecule has 0 spiro atoms. The lowest BCUT2D eigenvalue weighted by atomic mass is 9.97. The van der Waals surface area contributed by atoms with E-state index in [2.05, 4.69) is 20.3 Å². The van der Waals surface area contributed by atoms with Crippen molar-refractivity contribution in [2.24, 2.45) is 0 Å². The van der Waals surface area contributed by atoms with Crippen LogP contribution in [0.1, 0.15) is 38.0 Å². The third-order valence-corrected chi connectivity index (χ3v) is 5.41. The number of halogens is 1. The molecule has 0 unspecified atom stereocenters. The maximum Gasteiger partial charge on any atom is 0.232 e. The van der Waals surface area contributed by atoms with Crippen LogP contribution in [0.5, 0.6) is 0 Å². The standard InChI is InChI=1S/C22H22FN5OS/c1-14-9-11-15(12-10-14)28-19(16-7-5-6-8-17(16)23)25-26-21(28)30-13-18-24-20(29-27-18)22(2,3)4/h5-12H,13H2,1-4H3. The van der Waals surface area contributed by atoms with Gasteiger partial charge in [0.1, 0.15) is 5.82 Å². The highest BCUT2D eigenvalue weighted by atomic mass is 32.2. The van der Waals surface area contributed by atoms with Crippen molar-refractivity contribution >= 4 is 11.8 Å². The zero-order valence-electron chi connectivity index (χ0n) is 17.3. The van der Waals surface area contributed by atoms with E-state index in [1.54, 1.807) is 18.2 Å². The zero-order valence-corrected chi connectivity index (χ0v) is 18.1. The van der Waals surface area contributed by atoms with Gasteiger partial charge in [-0.15, -0.1) is 10.2 Å². The maximum absolute atomic E-state index is 14.5. The van der Waals surface area contributed by atoms with Crippen LogP contribution < -0.4 is 0 Å². The second-order valence-corrected chi connectivity index (χ2v) is 8.95. The normalized spacial score (nSPS) is 11.8. The van der Waals surface area contributed by atoms with E-state index >= 15 is 0 Å². The second kappa shape index (κ2) is 8.02. The van der Waals surface area contributed by atoms with Gasteiger partial charge in [0.15, 0.2) is 16.8 Å². The van der Waals surface area contributed by atoms with Gasteiger partial charge in [-0.1, -0.05) is 67.5 Å². The van der Waals surface area contributed by atoms with E-state index in [1.165, 1.54) is 17.8 Å². The van der Waals surface area contributed by atoms with Crippen molar-refractivity contribution < 1.29 is 8.91 Å². The molecule has 6 nitrogen and oxygen atoms in total. The third-order valence-electron chi connectivity index (χ3n) is 4.48. The summed E-state index contributed by atoms with van der Waals surface area (Å²) in [5.74, 6) is 1.73. The average molecular weight is 424 g/mol. The largest absolute Gasteiger partial charge is 0.339 e. The smallest absolute Gasteiger partial charge is 0.232 e. The summed E-state index contributed by atoms with van der Waals surface area (Å²) in [4.78, 5) is 4.47. The van der Waals surface area contributed by atoms with Gasteiger partial charge in [0.25, 0.3) is 0 Å². The van der Waals surface area contributed by atoms with Crippen molar-refractivity contribution in [1.29, 1.82) is 0 Å². The Morgan fingerprint density at radius 2 is 1.77 bits per heavy atom. The summed E-state index contributed by atoms with van der Waals surface area (Å²) < 4.78 is 21.7.